The maximum atomic E-state index is 12.5. The number of thiazole rings is 1. The van der Waals surface area contributed by atoms with Gasteiger partial charge in [0.05, 0.1) is 12.0 Å². The average molecular weight is 459 g/mol. The minimum absolute atomic E-state index is 0.176. The lowest BCUT2D eigenvalue weighted by atomic mass is 10.2. The Bertz CT molecular complexity index is 1400. The van der Waals surface area contributed by atoms with E-state index in [1.807, 2.05) is 23.6 Å². The molecule has 31 heavy (non-hydrogen) atoms. The van der Waals surface area contributed by atoms with E-state index in [9.17, 15) is 14.4 Å². The summed E-state index contributed by atoms with van der Waals surface area (Å²) in [4.78, 5) is 45.4. The van der Waals surface area contributed by atoms with Gasteiger partial charge in [0.1, 0.15) is 0 Å². The number of fused-ring (bicyclic) bond motifs is 1. The lowest BCUT2D eigenvalue weighted by Gasteiger charge is -2.06. The predicted molar refractivity (Wildman–Crippen MR) is 121 cm³/mol. The molecule has 1 N–H and O–H groups in total. The second kappa shape index (κ2) is 8.48. The predicted octanol–water partition coefficient (Wildman–Crippen LogP) is 2.63. The van der Waals surface area contributed by atoms with Crippen LogP contribution in [0, 0.1) is 0 Å². The zero-order chi connectivity index (χ0) is 22.1. The molecule has 1 aromatic carbocycles. The highest BCUT2D eigenvalue weighted by atomic mass is 35.5. The molecule has 0 aliphatic heterocycles. The molecule has 0 aliphatic rings. The van der Waals surface area contributed by atoms with Crippen LogP contribution in [0.25, 0.3) is 22.4 Å². The Morgan fingerprint density at radius 2 is 1.97 bits per heavy atom. The number of hydrogen-bond donors (Lipinski definition) is 1. The number of carbonyl (C=O) groups excluding carboxylic acids is 1. The summed E-state index contributed by atoms with van der Waals surface area (Å²) in [5.41, 5.74) is 1.35. The third-order valence-electron chi connectivity index (χ3n) is 4.92. The SMILES string of the molecule is Cn1c(=O)c2c(ncn2CCCC(=O)Nc2nc(-c3ccccc3Cl)cs2)n(C)c1=O. The number of carbonyl (C=O) groups is 1. The summed E-state index contributed by atoms with van der Waals surface area (Å²) in [6.45, 7) is 0.417. The molecule has 160 valence electrons. The van der Waals surface area contributed by atoms with E-state index in [1.54, 1.807) is 17.7 Å². The second-order valence-corrected chi connectivity index (χ2v) is 8.25. The van der Waals surface area contributed by atoms with Crippen LogP contribution in [0.1, 0.15) is 12.8 Å². The number of nitrogens with one attached hydrogen (secondary N) is 1. The third-order valence-corrected chi connectivity index (χ3v) is 6.01. The molecule has 0 bridgehead atoms. The molecule has 3 heterocycles. The summed E-state index contributed by atoms with van der Waals surface area (Å²) in [5, 5.41) is 5.73. The summed E-state index contributed by atoms with van der Waals surface area (Å²) >= 11 is 7.53. The van der Waals surface area contributed by atoms with Crippen molar-refractivity contribution in [1.82, 2.24) is 23.7 Å². The Balaban J connectivity index is 1.40. The normalized spacial score (nSPS) is 11.2. The number of aromatic nitrogens is 5. The topological polar surface area (TPSA) is 104 Å². The van der Waals surface area contributed by atoms with E-state index in [-0.39, 0.29) is 12.3 Å². The molecule has 11 heteroatoms. The van der Waals surface area contributed by atoms with Crippen LogP contribution >= 0.6 is 22.9 Å². The fourth-order valence-corrected chi connectivity index (χ4v) is 4.24. The molecule has 3 aromatic heterocycles. The molecule has 4 rings (SSSR count). The van der Waals surface area contributed by atoms with Crippen molar-refractivity contribution in [2.24, 2.45) is 14.1 Å². The molecule has 9 nitrogen and oxygen atoms in total. The highest BCUT2D eigenvalue weighted by Crippen LogP contribution is 2.30. The largest absolute Gasteiger partial charge is 0.332 e. The third kappa shape index (κ3) is 4.04. The first-order valence-electron chi connectivity index (χ1n) is 9.48. The van der Waals surface area contributed by atoms with E-state index in [0.717, 1.165) is 10.1 Å². The molecule has 0 unspecified atom stereocenters. The van der Waals surface area contributed by atoms with Crippen molar-refractivity contribution in [1.29, 1.82) is 0 Å². The summed E-state index contributed by atoms with van der Waals surface area (Å²) in [6, 6.07) is 7.39. The van der Waals surface area contributed by atoms with Gasteiger partial charge in [0.25, 0.3) is 5.56 Å². The number of rotatable bonds is 6. The van der Waals surface area contributed by atoms with Crippen LogP contribution in [0.3, 0.4) is 0 Å². The van der Waals surface area contributed by atoms with E-state index in [1.165, 1.54) is 29.3 Å². The van der Waals surface area contributed by atoms with Gasteiger partial charge in [-0.05, 0) is 12.5 Å². The fourth-order valence-electron chi connectivity index (χ4n) is 3.28. The van der Waals surface area contributed by atoms with Gasteiger partial charge >= 0.3 is 5.69 Å². The first-order chi connectivity index (χ1) is 14.9. The van der Waals surface area contributed by atoms with Gasteiger partial charge in [0.2, 0.25) is 5.91 Å². The summed E-state index contributed by atoms with van der Waals surface area (Å²) < 4.78 is 4.05. The van der Waals surface area contributed by atoms with E-state index >= 15 is 0 Å². The molecule has 0 saturated heterocycles. The monoisotopic (exact) mass is 458 g/mol. The standard InChI is InChI=1S/C20H19ClN6O3S/c1-25-17-16(18(29)26(2)20(25)30)27(11-22-17)9-5-8-15(28)24-19-23-14(10-31-19)12-6-3-4-7-13(12)21/h3-4,6-7,10-11H,5,8-9H2,1-2H3,(H,23,24,28). The number of imidazole rings is 1. The van der Waals surface area contributed by atoms with Crippen molar-refractivity contribution in [3.63, 3.8) is 0 Å². The summed E-state index contributed by atoms with van der Waals surface area (Å²) in [5.74, 6) is -0.176. The Morgan fingerprint density at radius 1 is 1.19 bits per heavy atom. The minimum atomic E-state index is -0.429. The molecular weight excluding hydrogens is 440 g/mol. The molecule has 0 saturated carbocycles. The van der Waals surface area contributed by atoms with Crippen molar-refractivity contribution in [2.45, 2.75) is 19.4 Å². The smallest absolute Gasteiger partial charge is 0.325 e. The van der Waals surface area contributed by atoms with Crippen molar-refractivity contribution in [2.75, 3.05) is 5.32 Å². The van der Waals surface area contributed by atoms with Gasteiger partial charge in [-0.1, -0.05) is 29.8 Å². The van der Waals surface area contributed by atoms with Crippen molar-refractivity contribution in [3.05, 3.63) is 61.8 Å². The van der Waals surface area contributed by atoms with Crippen LogP contribution in [0.5, 0.6) is 0 Å². The van der Waals surface area contributed by atoms with Crippen LogP contribution in [-0.4, -0.2) is 29.6 Å². The van der Waals surface area contributed by atoms with Gasteiger partial charge in [0.15, 0.2) is 16.3 Å². The molecule has 0 fully saturated rings. The number of halogens is 1. The molecule has 0 atom stereocenters. The minimum Gasteiger partial charge on any atom is -0.325 e. The Morgan fingerprint density at radius 3 is 2.74 bits per heavy atom. The van der Waals surface area contributed by atoms with Gasteiger partial charge in [-0.15, -0.1) is 11.3 Å². The van der Waals surface area contributed by atoms with E-state index in [2.05, 4.69) is 15.3 Å². The first kappa shape index (κ1) is 21.0. The van der Waals surface area contributed by atoms with Crippen molar-refractivity contribution < 1.29 is 4.79 Å². The van der Waals surface area contributed by atoms with Gasteiger partial charge in [-0.3, -0.25) is 18.7 Å². The van der Waals surface area contributed by atoms with Gasteiger partial charge in [-0.25, -0.2) is 14.8 Å². The number of amides is 1. The van der Waals surface area contributed by atoms with Gasteiger partial charge in [0, 0.05) is 43.0 Å². The molecule has 0 spiro atoms. The number of benzene rings is 1. The van der Waals surface area contributed by atoms with E-state index in [0.29, 0.717) is 40.0 Å². The molecular formula is C20H19ClN6O3S. The van der Waals surface area contributed by atoms with Crippen molar-refractivity contribution in [3.8, 4) is 11.3 Å². The highest BCUT2D eigenvalue weighted by molar-refractivity contribution is 7.14. The second-order valence-electron chi connectivity index (χ2n) is 6.99. The van der Waals surface area contributed by atoms with Crippen LogP contribution in [-0.2, 0) is 25.4 Å². The van der Waals surface area contributed by atoms with Gasteiger partial charge < -0.3 is 9.88 Å². The molecule has 0 aliphatic carbocycles. The molecule has 4 aromatic rings. The van der Waals surface area contributed by atoms with Crippen LogP contribution in [0.15, 0.2) is 45.6 Å². The number of anilines is 1. The lowest BCUT2D eigenvalue weighted by Crippen LogP contribution is -2.37. The number of nitrogens with zero attached hydrogens (tertiary/aromatic N) is 5. The van der Waals surface area contributed by atoms with Gasteiger partial charge in [-0.2, -0.15) is 0 Å². The number of hydrogen-bond acceptors (Lipinski definition) is 6. The maximum Gasteiger partial charge on any atom is 0.332 e. The van der Waals surface area contributed by atoms with E-state index < -0.39 is 11.2 Å². The maximum absolute atomic E-state index is 12.5. The number of aryl methyl sites for hydroxylation is 2. The Labute approximate surface area is 185 Å². The molecule has 1 amide bonds. The molecule has 0 radical (unpaired) electrons. The van der Waals surface area contributed by atoms with Crippen molar-refractivity contribution >= 4 is 45.1 Å². The zero-order valence-electron chi connectivity index (χ0n) is 16.8. The van der Waals surface area contributed by atoms with E-state index in [4.69, 9.17) is 11.6 Å². The Hall–Kier alpha value is -3.24. The van der Waals surface area contributed by atoms with Crippen LogP contribution in [0.4, 0.5) is 5.13 Å². The Kier molecular flexibility index (Phi) is 5.75. The highest BCUT2D eigenvalue weighted by Gasteiger charge is 2.15. The zero-order valence-corrected chi connectivity index (χ0v) is 18.4. The average Bonchev–Trinajstić information content (AvgIpc) is 3.38. The van der Waals surface area contributed by atoms with Crippen LogP contribution < -0.4 is 16.6 Å². The summed E-state index contributed by atoms with van der Waals surface area (Å²) in [7, 11) is 3.00. The van der Waals surface area contributed by atoms with Crippen LogP contribution in [0.2, 0.25) is 5.02 Å². The first-order valence-corrected chi connectivity index (χ1v) is 10.7. The fraction of sp³-hybridized carbons (Fsp3) is 0.250. The lowest BCUT2D eigenvalue weighted by molar-refractivity contribution is -0.116. The quantitative estimate of drug-likeness (QED) is 0.478. The summed E-state index contributed by atoms with van der Waals surface area (Å²) in [6.07, 6.45) is 2.25.